The van der Waals surface area contributed by atoms with Crippen LogP contribution in [0.1, 0.15) is 33.3 Å². The fourth-order valence-corrected chi connectivity index (χ4v) is 4.69. The monoisotopic (exact) mass is 396 g/mol. The summed E-state index contributed by atoms with van der Waals surface area (Å²) in [5.74, 6) is -1.05. The van der Waals surface area contributed by atoms with E-state index in [1.807, 2.05) is 34.6 Å². The van der Waals surface area contributed by atoms with Gasteiger partial charge in [-0.1, -0.05) is 37.6 Å². The highest BCUT2D eigenvalue weighted by Crippen LogP contribution is 2.49. The van der Waals surface area contributed by atoms with Gasteiger partial charge in [0.25, 0.3) is 10.1 Å². The molecule has 3 rings (SSSR count). The van der Waals surface area contributed by atoms with E-state index < -0.39 is 27.8 Å². The number of rotatable bonds is 6. The minimum atomic E-state index is -3.91. The molecular weight excluding hydrogens is 368 g/mol. The van der Waals surface area contributed by atoms with Crippen LogP contribution in [-0.2, 0) is 28.5 Å². The van der Waals surface area contributed by atoms with Crippen molar-refractivity contribution in [2.45, 2.75) is 63.3 Å². The first-order valence-electron chi connectivity index (χ1n) is 9.13. The van der Waals surface area contributed by atoms with E-state index >= 15 is 0 Å². The predicted molar refractivity (Wildman–Crippen MR) is 100 cm³/mol. The van der Waals surface area contributed by atoms with E-state index in [-0.39, 0.29) is 29.4 Å². The van der Waals surface area contributed by atoms with Crippen LogP contribution in [-0.4, -0.2) is 38.8 Å². The minimum absolute atomic E-state index is 0.119. The summed E-state index contributed by atoms with van der Waals surface area (Å²) in [6.07, 6.45) is 0.876. The van der Waals surface area contributed by atoms with Gasteiger partial charge in [-0.2, -0.15) is 8.42 Å². The summed E-state index contributed by atoms with van der Waals surface area (Å²) in [5.41, 5.74) is 0.0638. The first kappa shape index (κ1) is 20.5. The van der Waals surface area contributed by atoms with Gasteiger partial charge in [0.15, 0.2) is 12.1 Å². The molecule has 0 saturated carbocycles. The summed E-state index contributed by atoms with van der Waals surface area (Å²) in [7, 11) is -3.91. The molecule has 2 aliphatic rings. The first-order chi connectivity index (χ1) is 12.5. The summed E-state index contributed by atoms with van der Waals surface area (Å²) < 4.78 is 48.8. The lowest BCUT2D eigenvalue weighted by atomic mass is 9.78. The maximum absolute atomic E-state index is 12.6. The normalized spacial score (nSPS) is 33.6. The fourth-order valence-electron chi connectivity index (χ4n) is 3.75. The van der Waals surface area contributed by atoms with Gasteiger partial charge in [-0.05, 0) is 32.9 Å². The zero-order valence-corrected chi connectivity index (χ0v) is 17.3. The van der Waals surface area contributed by atoms with E-state index in [2.05, 4.69) is 6.58 Å². The molecule has 2 saturated heterocycles. The largest absolute Gasteiger partial charge is 0.341 e. The van der Waals surface area contributed by atoms with Crippen molar-refractivity contribution < 1.29 is 26.8 Å². The predicted octanol–water partition coefficient (Wildman–Crippen LogP) is 3.41. The molecule has 1 aromatic carbocycles. The van der Waals surface area contributed by atoms with Gasteiger partial charge in [0, 0.05) is 11.8 Å². The van der Waals surface area contributed by atoms with Crippen LogP contribution in [0, 0.1) is 18.8 Å². The number of hydrogen-bond acceptors (Lipinski definition) is 6. The van der Waals surface area contributed by atoms with Gasteiger partial charge in [0.2, 0.25) is 0 Å². The summed E-state index contributed by atoms with van der Waals surface area (Å²) in [6.45, 7) is 13.2. The van der Waals surface area contributed by atoms with E-state index in [9.17, 15) is 8.42 Å². The summed E-state index contributed by atoms with van der Waals surface area (Å²) in [6, 6.07) is 6.55. The molecule has 5 atom stereocenters. The van der Waals surface area contributed by atoms with Crippen molar-refractivity contribution in [2.75, 3.05) is 6.61 Å². The summed E-state index contributed by atoms with van der Waals surface area (Å²) in [4.78, 5) is 0.119. The number of ether oxygens (including phenoxy) is 3. The standard InChI is InChI=1S/C20H28O6S/c1-7-14(3)20(15(4)17-18(26-20)25-19(5,6)24-17)12-23-27(21,22)16-10-8-13(2)9-11-16/h7-11,14-15,17-18H,1,12H2,2-6H3/t14-,15-,17+,18-,20+/m0/s1. The van der Waals surface area contributed by atoms with Crippen LogP contribution in [0.25, 0.3) is 0 Å². The van der Waals surface area contributed by atoms with E-state index in [1.54, 1.807) is 18.2 Å². The molecule has 0 spiro atoms. The quantitative estimate of drug-likeness (QED) is 0.542. The van der Waals surface area contributed by atoms with Gasteiger partial charge < -0.3 is 14.2 Å². The molecule has 0 aliphatic carbocycles. The number of aryl methyl sites for hydroxylation is 1. The molecule has 0 N–H and O–H groups in total. The van der Waals surface area contributed by atoms with Gasteiger partial charge in [-0.3, -0.25) is 4.18 Å². The van der Waals surface area contributed by atoms with E-state index in [0.29, 0.717) is 0 Å². The molecule has 2 heterocycles. The maximum Gasteiger partial charge on any atom is 0.297 e. The summed E-state index contributed by atoms with van der Waals surface area (Å²) >= 11 is 0. The molecule has 0 aromatic heterocycles. The number of fused-ring (bicyclic) bond motifs is 1. The third-order valence-electron chi connectivity index (χ3n) is 5.56. The average molecular weight is 397 g/mol. The zero-order chi connectivity index (χ0) is 20.0. The highest BCUT2D eigenvalue weighted by atomic mass is 32.2. The van der Waals surface area contributed by atoms with Gasteiger partial charge >= 0.3 is 0 Å². The van der Waals surface area contributed by atoms with E-state index in [0.717, 1.165) is 5.56 Å². The highest BCUT2D eigenvalue weighted by Gasteiger charge is 2.61. The molecule has 2 aliphatic heterocycles. The number of benzene rings is 1. The topological polar surface area (TPSA) is 71.1 Å². The maximum atomic E-state index is 12.6. The smallest absolute Gasteiger partial charge is 0.297 e. The molecule has 7 heteroatoms. The Morgan fingerprint density at radius 3 is 2.41 bits per heavy atom. The number of hydrogen-bond donors (Lipinski definition) is 0. The van der Waals surface area contributed by atoms with E-state index in [1.165, 1.54) is 12.1 Å². The van der Waals surface area contributed by atoms with Gasteiger partial charge in [-0.25, -0.2) is 0 Å². The molecule has 6 nitrogen and oxygen atoms in total. The van der Waals surface area contributed by atoms with Crippen molar-refractivity contribution in [1.29, 1.82) is 0 Å². The van der Waals surface area contributed by atoms with Crippen LogP contribution in [0.15, 0.2) is 41.8 Å². The SMILES string of the molecule is C=C[C@H](C)[C@@]1(COS(=O)(=O)c2ccc(C)cc2)O[C@@H]2OC(C)(C)O[C@@H]2[C@@H]1C. The highest BCUT2D eigenvalue weighted by molar-refractivity contribution is 7.86. The van der Waals surface area contributed by atoms with Crippen molar-refractivity contribution in [2.24, 2.45) is 11.8 Å². The van der Waals surface area contributed by atoms with Crippen LogP contribution in [0.5, 0.6) is 0 Å². The lowest BCUT2D eigenvalue weighted by Gasteiger charge is -2.38. The molecule has 0 amide bonds. The molecule has 27 heavy (non-hydrogen) atoms. The molecule has 0 unspecified atom stereocenters. The van der Waals surface area contributed by atoms with Crippen LogP contribution in [0.3, 0.4) is 0 Å². The second-order valence-electron chi connectivity index (χ2n) is 7.88. The minimum Gasteiger partial charge on any atom is -0.341 e. The van der Waals surface area contributed by atoms with Crippen LogP contribution in [0.4, 0.5) is 0 Å². The Labute approximate surface area is 161 Å². The van der Waals surface area contributed by atoms with Gasteiger partial charge in [-0.15, -0.1) is 6.58 Å². The summed E-state index contributed by atoms with van der Waals surface area (Å²) in [5, 5.41) is 0. The Bertz CT molecular complexity index is 800. The second-order valence-corrected chi connectivity index (χ2v) is 9.50. The molecule has 0 bridgehead atoms. The van der Waals surface area contributed by atoms with E-state index in [4.69, 9.17) is 18.4 Å². The van der Waals surface area contributed by atoms with Gasteiger partial charge in [0.1, 0.15) is 11.7 Å². The Kier molecular flexibility index (Phi) is 5.29. The Morgan fingerprint density at radius 1 is 1.22 bits per heavy atom. The molecule has 150 valence electrons. The van der Waals surface area contributed by atoms with Crippen LogP contribution in [0.2, 0.25) is 0 Å². The molecule has 0 radical (unpaired) electrons. The van der Waals surface area contributed by atoms with Crippen molar-refractivity contribution in [3.8, 4) is 0 Å². The Hall–Kier alpha value is -1.25. The fraction of sp³-hybridized carbons (Fsp3) is 0.600. The third-order valence-corrected chi connectivity index (χ3v) is 6.84. The molecule has 1 aromatic rings. The third kappa shape index (κ3) is 3.71. The lowest BCUT2D eigenvalue weighted by Crippen LogP contribution is -2.48. The van der Waals surface area contributed by atoms with Crippen LogP contribution >= 0.6 is 0 Å². The lowest BCUT2D eigenvalue weighted by molar-refractivity contribution is -0.243. The average Bonchev–Trinajstić information content (AvgIpc) is 3.04. The van der Waals surface area contributed by atoms with Crippen molar-refractivity contribution >= 4 is 10.1 Å². The zero-order valence-electron chi connectivity index (χ0n) is 16.5. The Morgan fingerprint density at radius 2 is 1.85 bits per heavy atom. The van der Waals surface area contributed by atoms with Crippen molar-refractivity contribution in [3.63, 3.8) is 0 Å². The second kappa shape index (κ2) is 6.97. The van der Waals surface area contributed by atoms with Gasteiger partial charge in [0.05, 0.1) is 11.5 Å². The van der Waals surface area contributed by atoms with Crippen molar-refractivity contribution in [1.82, 2.24) is 0 Å². The van der Waals surface area contributed by atoms with Crippen molar-refractivity contribution in [3.05, 3.63) is 42.5 Å². The van der Waals surface area contributed by atoms with Crippen LogP contribution < -0.4 is 0 Å². The molecule has 2 fully saturated rings. The Balaban J connectivity index is 1.83. The molecular formula is C20H28O6S. The first-order valence-corrected chi connectivity index (χ1v) is 10.5.